The van der Waals surface area contributed by atoms with Crippen LogP contribution in [0.5, 0.6) is 0 Å². The molecule has 16 heavy (non-hydrogen) atoms. The standard InChI is InChI=1S/C12H24N2O2/c1-5-12(3,4)13-10(2)11(15)14-6-8-16-9-7-14/h10,13H,5-9H2,1-4H3. The molecule has 1 aliphatic rings. The number of nitrogens with one attached hydrogen (secondary N) is 1. The fourth-order valence-corrected chi connectivity index (χ4v) is 1.81. The third-order valence-corrected chi connectivity index (χ3v) is 3.18. The van der Waals surface area contributed by atoms with Crippen LogP contribution in [0.1, 0.15) is 34.1 Å². The van der Waals surface area contributed by atoms with E-state index in [-0.39, 0.29) is 17.5 Å². The number of carbonyl (C=O) groups is 1. The van der Waals surface area contributed by atoms with Gasteiger partial charge in [-0.2, -0.15) is 0 Å². The summed E-state index contributed by atoms with van der Waals surface area (Å²) in [5.74, 6) is 0.185. The van der Waals surface area contributed by atoms with Gasteiger partial charge in [-0.1, -0.05) is 6.92 Å². The quantitative estimate of drug-likeness (QED) is 0.781. The van der Waals surface area contributed by atoms with Crippen molar-refractivity contribution < 1.29 is 9.53 Å². The molecule has 0 bridgehead atoms. The average Bonchev–Trinajstić information content (AvgIpc) is 2.28. The first-order valence-electron chi connectivity index (χ1n) is 6.10. The highest BCUT2D eigenvalue weighted by atomic mass is 16.5. The van der Waals surface area contributed by atoms with Crippen LogP contribution in [-0.4, -0.2) is 48.7 Å². The Morgan fingerprint density at radius 1 is 1.44 bits per heavy atom. The number of nitrogens with zero attached hydrogens (tertiary/aromatic N) is 1. The van der Waals surface area contributed by atoms with Crippen molar-refractivity contribution in [3.8, 4) is 0 Å². The van der Waals surface area contributed by atoms with Crippen molar-refractivity contribution in [2.45, 2.75) is 45.7 Å². The predicted octanol–water partition coefficient (Wildman–Crippen LogP) is 1.01. The molecule has 0 aliphatic carbocycles. The molecule has 1 atom stereocenters. The lowest BCUT2D eigenvalue weighted by atomic mass is 10.0. The summed E-state index contributed by atoms with van der Waals surface area (Å²) in [6.45, 7) is 11.1. The first-order chi connectivity index (χ1) is 7.46. The van der Waals surface area contributed by atoms with Gasteiger partial charge in [-0.25, -0.2) is 0 Å². The normalized spacial score (nSPS) is 19.6. The molecule has 1 unspecified atom stereocenters. The molecule has 0 radical (unpaired) electrons. The number of amides is 1. The maximum absolute atomic E-state index is 12.1. The van der Waals surface area contributed by atoms with Crippen molar-refractivity contribution in [3.63, 3.8) is 0 Å². The number of hydrogen-bond donors (Lipinski definition) is 1. The summed E-state index contributed by atoms with van der Waals surface area (Å²) in [7, 11) is 0. The van der Waals surface area contributed by atoms with Crippen LogP contribution in [-0.2, 0) is 9.53 Å². The second-order valence-corrected chi connectivity index (χ2v) is 5.04. The van der Waals surface area contributed by atoms with Crippen molar-refractivity contribution >= 4 is 5.91 Å². The number of hydrogen-bond acceptors (Lipinski definition) is 3. The van der Waals surface area contributed by atoms with Gasteiger partial charge in [-0.05, 0) is 27.2 Å². The van der Waals surface area contributed by atoms with Crippen molar-refractivity contribution in [3.05, 3.63) is 0 Å². The topological polar surface area (TPSA) is 41.6 Å². The maximum atomic E-state index is 12.1. The van der Waals surface area contributed by atoms with Crippen molar-refractivity contribution in [2.24, 2.45) is 0 Å². The van der Waals surface area contributed by atoms with Gasteiger partial charge in [0.05, 0.1) is 19.3 Å². The van der Waals surface area contributed by atoms with E-state index in [1.54, 1.807) is 0 Å². The average molecular weight is 228 g/mol. The lowest BCUT2D eigenvalue weighted by Crippen LogP contribution is -2.54. The molecule has 4 heteroatoms. The third-order valence-electron chi connectivity index (χ3n) is 3.18. The summed E-state index contributed by atoms with van der Waals surface area (Å²) in [5.41, 5.74) is 0.0152. The van der Waals surface area contributed by atoms with Gasteiger partial charge in [0.25, 0.3) is 0 Å². The van der Waals surface area contributed by atoms with Crippen LogP contribution in [0.2, 0.25) is 0 Å². The smallest absolute Gasteiger partial charge is 0.239 e. The Balaban J connectivity index is 2.46. The molecule has 0 aromatic rings. The monoisotopic (exact) mass is 228 g/mol. The van der Waals surface area contributed by atoms with E-state index in [0.29, 0.717) is 13.2 Å². The fraction of sp³-hybridized carbons (Fsp3) is 0.917. The summed E-state index contributed by atoms with van der Waals surface area (Å²) in [4.78, 5) is 14.0. The van der Waals surface area contributed by atoms with Crippen LogP contribution < -0.4 is 5.32 Å². The van der Waals surface area contributed by atoms with Gasteiger partial charge >= 0.3 is 0 Å². The molecule has 4 nitrogen and oxygen atoms in total. The number of ether oxygens (including phenoxy) is 1. The van der Waals surface area contributed by atoms with Gasteiger partial charge in [0.2, 0.25) is 5.91 Å². The number of morpholine rings is 1. The Labute approximate surface area is 98.3 Å². The molecule has 94 valence electrons. The molecule has 1 rings (SSSR count). The summed E-state index contributed by atoms with van der Waals surface area (Å²) < 4.78 is 5.24. The van der Waals surface area contributed by atoms with E-state index in [1.165, 1.54) is 0 Å². The zero-order valence-corrected chi connectivity index (χ0v) is 10.9. The van der Waals surface area contributed by atoms with E-state index in [2.05, 4.69) is 26.1 Å². The van der Waals surface area contributed by atoms with Crippen LogP contribution in [0, 0.1) is 0 Å². The molecule has 1 heterocycles. The number of rotatable bonds is 4. The first kappa shape index (κ1) is 13.5. The minimum Gasteiger partial charge on any atom is -0.378 e. The van der Waals surface area contributed by atoms with E-state index in [0.717, 1.165) is 19.5 Å². The highest BCUT2D eigenvalue weighted by Crippen LogP contribution is 2.10. The van der Waals surface area contributed by atoms with E-state index in [9.17, 15) is 4.79 Å². The molecule has 1 N–H and O–H groups in total. The van der Waals surface area contributed by atoms with Crippen molar-refractivity contribution in [1.82, 2.24) is 10.2 Å². The lowest BCUT2D eigenvalue weighted by molar-refractivity contribution is -0.137. The lowest BCUT2D eigenvalue weighted by Gasteiger charge is -2.33. The summed E-state index contributed by atoms with van der Waals surface area (Å²) in [5, 5.41) is 3.37. The van der Waals surface area contributed by atoms with Gasteiger partial charge in [-0.15, -0.1) is 0 Å². The molecule has 0 saturated carbocycles. The van der Waals surface area contributed by atoms with Crippen molar-refractivity contribution in [1.29, 1.82) is 0 Å². The highest BCUT2D eigenvalue weighted by Gasteiger charge is 2.26. The highest BCUT2D eigenvalue weighted by molar-refractivity contribution is 5.81. The van der Waals surface area contributed by atoms with E-state index >= 15 is 0 Å². The second-order valence-electron chi connectivity index (χ2n) is 5.04. The Morgan fingerprint density at radius 3 is 2.50 bits per heavy atom. The zero-order chi connectivity index (χ0) is 12.2. The molecule has 1 fully saturated rings. The Hall–Kier alpha value is -0.610. The van der Waals surface area contributed by atoms with Crippen LogP contribution >= 0.6 is 0 Å². The van der Waals surface area contributed by atoms with Crippen LogP contribution in [0.3, 0.4) is 0 Å². The summed E-state index contributed by atoms with van der Waals surface area (Å²) >= 11 is 0. The maximum Gasteiger partial charge on any atom is 0.239 e. The molecule has 1 amide bonds. The first-order valence-corrected chi connectivity index (χ1v) is 6.10. The van der Waals surface area contributed by atoms with E-state index < -0.39 is 0 Å². The minimum atomic E-state index is -0.118. The Morgan fingerprint density at radius 2 is 2.00 bits per heavy atom. The Kier molecular flexibility index (Phi) is 4.74. The van der Waals surface area contributed by atoms with Gasteiger partial charge < -0.3 is 15.0 Å². The molecule has 0 aromatic carbocycles. The molecule has 1 aliphatic heterocycles. The van der Waals surface area contributed by atoms with Crippen LogP contribution in [0.4, 0.5) is 0 Å². The SMILES string of the molecule is CCC(C)(C)NC(C)C(=O)N1CCOCC1. The van der Waals surface area contributed by atoms with Gasteiger partial charge in [0, 0.05) is 18.6 Å². The van der Waals surface area contributed by atoms with Crippen LogP contribution in [0.25, 0.3) is 0 Å². The van der Waals surface area contributed by atoms with Gasteiger partial charge in [0.15, 0.2) is 0 Å². The third kappa shape index (κ3) is 3.76. The second kappa shape index (κ2) is 5.64. The molecular formula is C12H24N2O2. The summed E-state index contributed by atoms with van der Waals surface area (Å²) in [6.07, 6.45) is 1.01. The van der Waals surface area contributed by atoms with E-state index in [1.807, 2.05) is 11.8 Å². The minimum absolute atomic E-state index is 0.0152. The molecule has 1 saturated heterocycles. The molecular weight excluding hydrogens is 204 g/mol. The van der Waals surface area contributed by atoms with Crippen LogP contribution in [0.15, 0.2) is 0 Å². The molecule has 0 aromatic heterocycles. The predicted molar refractivity (Wildman–Crippen MR) is 64.4 cm³/mol. The number of carbonyl (C=O) groups excluding carboxylic acids is 1. The van der Waals surface area contributed by atoms with Gasteiger partial charge in [-0.3, -0.25) is 4.79 Å². The molecule has 0 spiro atoms. The van der Waals surface area contributed by atoms with Gasteiger partial charge in [0.1, 0.15) is 0 Å². The zero-order valence-electron chi connectivity index (χ0n) is 10.9. The largest absolute Gasteiger partial charge is 0.378 e. The van der Waals surface area contributed by atoms with E-state index in [4.69, 9.17) is 4.74 Å². The Bertz CT molecular complexity index is 235. The van der Waals surface area contributed by atoms with Crippen molar-refractivity contribution in [2.75, 3.05) is 26.3 Å². The summed E-state index contributed by atoms with van der Waals surface area (Å²) in [6, 6.07) is -0.118. The fourth-order valence-electron chi connectivity index (χ4n) is 1.81.